The van der Waals surface area contributed by atoms with E-state index in [-0.39, 0.29) is 18.1 Å². The molecular weight excluding hydrogens is 280 g/mol. The molecule has 1 aliphatic heterocycles. The van der Waals surface area contributed by atoms with E-state index in [0.717, 1.165) is 17.7 Å². The van der Waals surface area contributed by atoms with Gasteiger partial charge in [0.15, 0.2) is 0 Å². The molecule has 0 radical (unpaired) electrons. The zero-order valence-corrected chi connectivity index (χ0v) is 13.4. The number of amides is 1. The quantitative estimate of drug-likeness (QED) is 0.910. The van der Waals surface area contributed by atoms with E-state index < -0.39 is 0 Å². The largest absolute Gasteiger partial charge is 0.360 e. The fourth-order valence-electron chi connectivity index (χ4n) is 2.78. The molecule has 1 aromatic carbocycles. The lowest BCUT2D eigenvalue weighted by atomic mass is 10.0. The van der Waals surface area contributed by atoms with Gasteiger partial charge in [0.1, 0.15) is 6.17 Å². The average molecular weight is 300 g/mol. The first-order valence-corrected chi connectivity index (χ1v) is 8.23. The van der Waals surface area contributed by atoms with E-state index in [1.165, 1.54) is 10.4 Å². The Morgan fingerprint density at radius 3 is 2.76 bits per heavy atom. The molecule has 2 aromatic rings. The van der Waals surface area contributed by atoms with Gasteiger partial charge < -0.3 is 10.2 Å². The van der Waals surface area contributed by atoms with Gasteiger partial charge in [0.2, 0.25) is 0 Å². The lowest BCUT2D eigenvalue weighted by molar-refractivity contribution is 0.0597. The molecular formula is C17H20N2OS. The minimum absolute atomic E-state index is 0.0673. The van der Waals surface area contributed by atoms with Crippen LogP contribution in [0.1, 0.15) is 47.2 Å². The number of hydrogen-bond donors (Lipinski definition) is 1. The molecule has 0 aliphatic carbocycles. The first-order chi connectivity index (χ1) is 10.1. The topological polar surface area (TPSA) is 32.3 Å². The monoisotopic (exact) mass is 300 g/mol. The normalized spacial score (nSPS) is 19.1. The van der Waals surface area contributed by atoms with Crippen LogP contribution in [0.4, 0.5) is 5.69 Å². The van der Waals surface area contributed by atoms with Gasteiger partial charge in [-0.1, -0.05) is 19.1 Å². The van der Waals surface area contributed by atoms with Crippen LogP contribution in [-0.4, -0.2) is 16.8 Å². The standard InChI is InChI=1S/C17H20N2OS/c1-4-12(3)19-16(15-11(2)9-10-21-15)18-14-8-6-5-7-13(14)17(19)20/h5-10,12,16,18H,4H2,1-3H3/t12-,16+/m1/s1. The number of fused-ring (bicyclic) bond motifs is 1. The lowest BCUT2D eigenvalue weighted by Gasteiger charge is -2.41. The van der Waals surface area contributed by atoms with E-state index in [0.29, 0.717) is 0 Å². The van der Waals surface area contributed by atoms with E-state index >= 15 is 0 Å². The molecule has 0 saturated carbocycles. The average Bonchev–Trinajstić information content (AvgIpc) is 2.92. The Balaban J connectivity index is 2.10. The van der Waals surface area contributed by atoms with Crippen molar-refractivity contribution in [3.63, 3.8) is 0 Å². The van der Waals surface area contributed by atoms with Gasteiger partial charge >= 0.3 is 0 Å². The molecule has 2 heterocycles. The predicted molar refractivity (Wildman–Crippen MR) is 87.8 cm³/mol. The van der Waals surface area contributed by atoms with E-state index in [2.05, 4.69) is 37.5 Å². The summed E-state index contributed by atoms with van der Waals surface area (Å²) in [7, 11) is 0. The Morgan fingerprint density at radius 2 is 2.10 bits per heavy atom. The van der Waals surface area contributed by atoms with Gasteiger partial charge in [0.05, 0.1) is 10.4 Å². The summed E-state index contributed by atoms with van der Waals surface area (Å²) in [6, 6.07) is 10.1. The second kappa shape index (κ2) is 5.53. The van der Waals surface area contributed by atoms with E-state index in [4.69, 9.17) is 0 Å². The smallest absolute Gasteiger partial charge is 0.258 e. The van der Waals surface area contributed by atoms with Gasteiger partial charge in [-0.2, -0.15) is 0 Å². The highest BCUT2D eigenvalue weighted by atomic mass is 32.1. The van der Waals surface area contributed by atoms with Crippen LogP contribution in [-0.2, 0) is 0 Å². The molecule has 1 amide bonds. The summed E-state index contributed by atoms with van der Waals surface area (Å²) >= 11 is 1.71. The van der Waals surface area contributed by atoms with Gasteiger partial charge in [0.25, 0.3) is 5.91 Å². The summed E-state index contributed by atoms with van der Waals surface area (Å²) in [6.07, 6.45) is 0.874. The molecule has 3 rings (SSSR count). The number of thiophene rings is 1. The number of para-hydroxylation sites is 1. The number of rotatable bonds is 3. The summed E-state index contributed by atoms with van der Waals surface area (Å²) < 4.78 is 0. The molecule has 0 fully saturated rings. The minimum Gasteiger partial charge on any atom is -0.360 e. The molecule has 1 aliphatic rings. The Morgan fingerprint density at radius 1 is 1.33 bits per heavy atom. The highest BCUT2D eigenvalue weighted by Crippen LogP contribution is 2.37. The SMILES string of the molecule is CC[C@@H](C)N1C(=O)c2ccccc2N[C@@H]1c1sccc1C. The molecule has 0 saturated heterocycles. The highest BCUT2D eigenvalue weighted by molar-refractivity contribution is 7.10. The molecule has 110 valence electrons. The maximum atomic E-state index is 12.9. The Bertz CT molecular complexity index is 664. The summed E-state index contributed by atoms with van der Waals surface area (Å²) in [5.74, 6) is 0.122. The van der Waals surface area contributed by atoms with Crippen molar-refractivity contribution < 1.29 is 4.79 Å². The van der Waals surface area contributed by atoms with Crippen LogP contribution >= 0.6 is 11.3 Å². The van der Waals surface area contributed by atoms with Gasteiger partial charge in [-0.3, -0.25) is 4.79 Å². The number of anilines is 1. The van der Waals surface area contributed by atoms with Crippen LogP contribution in [0.2, 0.25) is 0 Å². The maximum absolute atomic E-state index is 12.9. The van der Waals surface area contributed by atoms with Crippen LogP contribution in [0.15, 0.2) is 35.7 Å². The fraction of sp³-hybridized carbons (Fsp3) is 0.353. The third-order valence-electron chi connectivity index (χ3n) is 4.18. The Hall–Kier alpha value is -1.81. The van der Waals surface area contributed by atoms with Crippen molar-refractivity contribution in [2.75, 3.05) is 5.32 Å². The van der Waals surface area contributed by atoms with E-state index in [9.17, 15) is 4.79 Å². The van der Waals surface area contributed by atoms with E-state index in [1.807, 2.05) is 29.2 Å². The number of hydrogen-bond acceptors (Lipinski definition) is 3. The van der Waals surface area contributed by atoms with Gasteiger partial charge in [0, 0.05) is 11.7 Å². The number of carbonyl (C=O) groups is 1. The molecule has 0 unspecified atom stereocenters. The van der Waals surface area contributed by atoms with E-state index in [1.54, 1.807) is 11.3 Å². The molecule has 4 heteroatoms. The number of carbonyl (C=O) groups excluding carboxylic acids is 1. The summed E-state index contributed by atoms with van der Waals surface area (Å²) in [5.41, 5.74) is 2.93. The van der Waals surface area contributed by atoms with Crippen LogP contribution in [0, 0.1) is 6.92 Å². The Labute approximate surface area is 129 Å². The van der Waals surface area contributed by atoms with Crippen molar-refractivity contribution in [2.45, 2.75) is 39.4 Å². The summed E-state index contributed by atoms with van der Waals surface area (Å²) in [5, 5.41) is 5.64. The van der Waals surface area contributed by atoms with Gasteiger partial charge in [-0.15, -0.1) is 11.3 Å². The molecule has 1 N–H and O–H groups in total. The summed E-state index contributed by atoms with van der Waals surface area (Å²) in [4.78, 5) is 16.1. The first-order valence-electron chi connectivity index (χ1n) is 7.35. The molecule has 1 aromatic heterocycles. The van der Waals surface area contributed by atoms with Crippen LogP contribution in [0.25, 0.3) is 0 Å². The number of nitrogens with one attached hydrogen (secondary N) is 1. The lowest BCUT2D eigenvalue weighted by Crippen LogP contribution is -2.47. The van der Waals surface area contributed by atoms with Gasteiger partial charge in [-0.05, 0) is 49.4 Å². The van der Waals surface area contributed by atoms with Crippen molar-refractivity contribution in [1.82, 2.24) is 4.90 Å². The molecule has 21 heavy (non-hydrogen) atoms. The highest BCUT2D eigenvalue weighted by Gasteiger charge is 2.36. The van der Waals surface area contributed by atoms with Crippen molar-refractivity contribution in [3.8, 4) is 0 Å². The van der Waals surface area contributed by atoms with Gasteiger partial charge in [-0.25, -0.2) is 0 Å². The molecule has 3 nitrogen and oxygen atoms in total. The van der Waals surface area contributed by atoms with Crippen molar-refractivity contribution in [2.24, 2.45) is 0 Å². The van der Waals surface area contributed by atoms with Crippen LogP contribution in [0.3, 0.4) is 0 Å². The third kappa shape index (κ3) is 2.33. The van der Waals surface area contributed by atoms with Crippen molar-refractivity contribution in [3.05, 3.63) is 51.7 Å². The van der Waals surface area contributed by atoms with Crippen molar-refractivity contribution >= 4 is 22.9 Å². The first kappa shape index (κ1) is 14.1. The minimum atomic E-state index is -0.0673. The molecule has 0 spiro atoms. The predicted octanol–water partition coefficient (Wildman–Crippen LogP) is 4.42. The number of nitrogens with zero attached hydrogens (tertiary/aromatic N) is 1. The zero-order valence-electron chi connectivity index (χ0n) is 12.6. The fourth-order valence-corrected chi connectivity index (χ4v) is 3.75. The zero-order chi connectivity index (χ0) is 15.0. The van der Waals surface area contributed by atoms with Crippen LogP contribution in [0.5, 0.6) is 0 Å². The maximum Gasteiger partial charge on any atom is 0.258 e. The summed E-state index contributed by atoms with van der Waals surface area (Å²) in [6.45, 7) is 6.34. The van der Waals surface area contributed by atoms with Crippen molar-refractivity contribution in [1.29, 1.82) is 0 Å². The second-order valence-electron chi connectivity index (χ2n) is 5.53. The third-order valence-corrected chi connectivity index (χ3v) is 5.25. The molecule has 0 bridgehead atoms. The number of aryl methyl sites for hydroxylation is 1. The Kier molecular flexibility index (Phi) is 3.72. The van der Waals surface area contributed by atoms with Crippen LogP contribution < -0.4 is 5.32 Å². The second-order valence-corrected chi connectivity index (χ2v) is 6.48. The molecule has 2 atom stereocenters. The number of benzene rings is 1.